The molecule has 0 heterocycles. The molecule has 0 aromatic heterocycles. The number of unbranched alkanes of at least 4 members (excludes halogenated alkanes) is 16. The van der Waals surface area contributed by atoms with E-state index in [4.69, 9.17) is 24.3 Å². The van der Waals surface area contributed by atoms with Crippen molar-refractivity contribution >= 4 is 13.8 Å². The van der Waals surface area contributed by atoms with Crippen molar-refractivity contribution in [2.24, 2.45) is 5.73 Å². The van der Waals surface area contributed by atoms with Gasteiger partial charge in [0.25, 0.3) is 0 Å². The van der Waals surface area contributed by atoms with Crippen molar-refractivity contribution in [3.63, 3.8) is 0 Å². The molecule has 2 atom stereocenters. The highest BCUT2D eigenvalue weighted by Crippen LogP contribution is 2.43. The Bertz CT molecular complexity index is 1070. The third-order valence-corrected chi connectivity index (χ3v) is 9.84. The lowest BCUT2D eigenvalue weighted by Gasteiger charge is -2.20. The van der Waals surface area contributed by atoms with Crippen LogP contribution >= 0.6 is 7.82 Å². The summed E-state index contributed by atoms with van der Waals surface area (Å²) in [6.07, 6.45) is 53.4. The van der Waals surface area contributed by atoms with Crippen LogP contribution < -0.4 is 5.73 Å². The van der Waals surface area contributed by atoms with Crippen LogP contribution in [0.3, 0.4) is 0 Å². The van der Waals surface area contributed by atoms with Gasteiger partial charge in [0.15, 0.2) is 0 Å². The topological polar surface area (TPSA) is 117 Å². The van der Waals surface area contributed by atoms with Gasteiger partial charge in [0.1, 0.15) is 6.10 Å². The minimum absolute atomic E-state index is 0.0923. The number of carbonyl (C=O) groups excluding carboxylic acids is 1. The molecule has 0 amide bonds. The van der Waals surface area contributed by atoms with Crippen molar-refractivity contribution in [2.75, 3.05) is 33.0 Å². The summed E-state index contributed by atoms with van der Waals surface area (Å²) in [4.78, 5) is 22.5. The van der Waals surface area contributed by atoms with Gasteiger partial charge in [-0.3, -0.25) is 13.8 Å². The van der Waals surface area contributed by atoms with E-state index in [0.717, 1.165) is 96.3 Å². The molecule has 3 N–H and O–H groups in total. The zero-order chi connectivity index (χ0) is 40.2. The van der Waals surface area contributed by atoms with Gasteiger partial charge in [-0.15, -0.1) is 0 Å². The quantitative estimate of drug-likeness (QED) is 0.0272. The molecule has 0 saturated carbocycles. The van der Waals surface area contributed by atoms with E-state index in [2.05, 4.69) is 86.8 Å². The first-order valence-electron chi connectivity index (χ1n) is 21.9. The number of hydrogen-bond donors (Lipinski definition) is 2. The van der Waals surface area contributed by atoms with Crippen LogP contribution in [0.4, 0.5) is 0 Å². The molecule has 0 aromatic carbocycles. The number of carbonyl (C=O) groups is 1. The predicted molar refractivity (Wildman–Crippen MR) is 233 cm³/mol. The van der Waals surface area contributed by atoms with Crippen molar-refractivity contribution in [1.29, 1.82) is 0 Å². The molecule has 55 heavy (non-hydrogen) atoms. The Hall–Kier alpha value is -2.06. The van der Waals surface area contributed by atoms with Crippen LogP contribution in [0, 0.1) is 0 Å². The SMILES string of the molecule is CC/C=C\C/C=C\C/C=C\C/C=C\CCCCCCCCCOCC(COP(=O)(O)OCCN)OC(=O)CCCCCCC/C=C\C/C=C\CCCCCC. The molecule has 0 saturated heterocycles. The molecule has 0 fully saturated rings. The molecule has 0 spiro atoms. The number of hydrogen-bond acceptors (Lipinski definition) is 7. The summed E-state index contributed by atoms with van der Waals surface area (Å²) >= 11 is 0. The van der Waals surface area contributed by atoms with Crippen molar-refractivity contribution < 1.29 is 32.8 Å². The van der Waals surface area contributed by atoms with Crippen LogP contribution in [-0.2, 0) is 27.9 Å². The van der Waals surface area contributed by atoms with E-state index >= 15 is 0 Å². The average Bonchev–Trinajstić information content (AvgIpc) is 3.17. The van der Waals surface area contributed by atoms with Crippen LogP contribution in [0.25, 0.3) is 0 Å². The van der Waals surface area contributed by atoms with Gasteiger partial charge in [0.2, 0.25) is 0 Å². The maximum Gasteiger partial charge on any atom is 0.472 e. The third kappa shape index (κ3) is 42.9. The Morgan fingerprint density at radius 2 is 1.02 bits per heavy atom. The molecule has 9 heteroatoms. The second-order valence-electron chi connectivity index (χ2n) is 14.2. The van der Waals surface area contributed by atoms with Gasteiger partial charge in [-0.1, -0.05) is 157 Å². The van der Waals surface area contributed by atoms with E-state index in [1.54, 1.807) is 0 Å². The smallest absolute Gasteiger partial charge is 0.457 e. The Morgan fingerprint density at radius 3 is 1.53 bits per heavy atom. The van der Waals surface area contributed by atoms with Gasteiger partial charge in [-0.05, 0) is 83.5 Å². The van der Waals surface area contributed by atoms with E-state index < -0.39 is 13.9 Å². The van der Waals surface area contributed by atoms with Gasteiger partial charge in [-0.25, -0.2) is 4.57 Å². The Kier molecular flexibility index (Phi) is 41.5. The fraction of sp³-hybridized carbons (Fsp3) is 0.717. The summed E-state index contributed by atoms with van der Waals surface area (Å²) < 4.78 is 33.4. The minimum atomic E-state index is -4.29. The molecule has 2 unspecified atom stereocenters. The lowest BCUT2D eigenvalue weighted by atomic mass is 10.1. The Labute approximate surface area is 337 Å². The molecule has 0 aliphatic heterocycles. The lowest BCUT2D eigenvalue weighted by Crippen LogP contribution is -2.28. The molecule has 0 aliphatic carbocycles. The van der Waals surface area contributed by atoms with E-state index in [1.165, 1.54) is 57.8 Å². The van der Waals surface area contributed by atoms with Gasteiger partial charge < -0.3 is 20.1 Å². The van der Waals surface area contributed by atoms with E-state index in [9.17, 15) is 14.3 Å². The number of allylic oxidation sites excluding steroid dienone is 12. The van der Waals surface area contributed by atoms with Gasteiger partial charge in [-0.2, -0.15) is 0 Å². The maximum absolute atomic E-state index is 12.6. The number of nitrogens with two attached hydrogens (primary N) is 1. The average molecular weight is 792 g/mol. The van der Waals surface area contributed by atoms with Crippen LogP contribution in [0.1, 0.15) is 174 Å². The summed E-state index contributed by atoms with van der Waals surface area (Å²) in [5.74, 6) is -0.351. The second kappa shape index (κ2) is 43.1. The summed E-state index contributed by atoms with van der Waals surface area (Å²) in [6, 6.07) is 0. The largest absolute Gasteiger partial charge is 0.472 e. The van der Waals surface area contributed by atoms with E-state index in [1.807, 2.05) is 0 Å². The summed E-state index contributed by atoms with van der Waals surface area (Å²) in [5, 5.41) is 0. The predicted octanol–water partition coefficient (Wildman–Crippen LogP) is 13.1. The molecule has 0 aliphatic rings. The first-order valence-corrected chi connectivity index (χ1v) is 23.4. The molecule has 8 nitrogen and oxygen atoms in total. The van der Waals surface area contributed by atoms with E-state index in [-0.39, 0.29) is 32.3 Å². The van der Waals surface area contributed by atoms with Crippen LogP contribution in [0.15, 0.2) is 72.9 Å². The molecule has 0 radical (unpaired) electrons. The summed E-state index contributed by atoms with van der Waals surface area (Å²) in [7, 11) is -4.29. The van der Waals surface area contributed by atoms with Crippen molar-refractivity contribution in [1.82, 2.24) is 0 Å². The number of rotatable bonds is 41. The summed E-state index contributed by atoms with van der Waals surface area (Å²) in [5.41, 5.74) is 5.37. The van der Waals surface area contributed by atoms with Crippen LogP contribution in [-0.4, -0.2) is 49.9 Å². The zero-order valence-electron chi connectivity index (χ0n) is 35.1. The maximum atomic E-state index is 12.6. The fourth-order valence-electron chi connectivity index (χ4n) is 5.66. The van der Waals surface area contributed by atoms with Crippen LogP contribution in [0.2, 0.25) is 0 Å². The molecular formula is C46H82NO7P. The van der Waals surface area contributed by atoms with Crippen molar-refractivity contribution in [3.8, 4) is 0 Å². The van der Waals surface area contributed by atoms with Crippen LogP contribution in [0.5, 0.6) is 0 Å². The molecular weight excluding hydrogens is 709 g/mol. The van der Waals surface area contributed by atoms with Crippen molar-refractivity contribution in [3.05, 3.63) is 72.9 Å². The number of ether oxygens (including phenoxy) is 2. The van der Waals surface area contributed by atoms with E-state index in [0.29, 0.717) is 13.0 Å². The first-order chi connectivity index (χ1) is 26.9. The normalized spacial score (nSPS) is 14.2. The highest BCUT2D eigenvalue weighted by Gasteiger charge is 2.25. The molecule has 0 rings (SSSR count). The minimum Gasteiger partial charge on any atom is -0.457 e. The number of esters is 1. The molecule has 0 aromatic rings. The second-order valence-corrected chi connectivity index (χ2v) is 15.6. The zero-order valence-corrected chi connectivity index (χ0v) is 36.0. The summed E-state index contributed by atoms with van der Waals surface area (Å²) in [6.45, 7) is 4.73. The standard InChI is InChI=1S/C46H82NO7P/c1-3-5-7-9-11-13-15-17-19-21-22-23-24-26-28-30-32-34-36-38-41-51-43-45(44-53-55(49,50)52-42-40-47)54-46(48)39-37-35-33-31-29-27-25-20-18-16-14-12-10-8-6-4-2/h5,7,11,13-14,16-17,19-20,22-23,25,45H,3-4,6,8-10,12,15,18,21,24,26-44,47H2,1-2H3,(H,49,50)/b7-5-,13-11-,16-14-,19-17-,23-22-,25-20-. The van der Waals surface area contributed by atoms with Gasteiger partial charge in [0.05, 0.1) is 19.8 Å². The highest BCUT2D eigenvalue weighted by molar-refractivity contribution is 7.47. The highest BCUT2D eigenvalue weighted by atomic mass is 31.2. The molecule has 318 valence electrons. The lowest BCUT2D eigenvalue weighted by molar-refractivity contribution is -0.154. The Balaban J connectivity index is 4.08. The Morgan fingerprint density at radius 1 is 0.564 bits per heavy atom. The van der Waals surface area contributed by atoms with Gasteiger partial charge >= 0.3 is 13.8 Å². The van der Waals surface area contributed by atoms with Crippen molar-refractivity contribution in [2.45, 2.75) is 180 Å². The first kappa shape index (κ1) is 52.9. The molecule has 0 bridgehead atoms. The fourth-order valence-corrected chi connectivity index (χ4v) is 6.43. The monoisotopic (exact) mass is 792 g/mol. The number of phosphoric ester groups is 1. The number of phosphoric acid groups is 1. The third-order valence-electron chi connectivity index (χ3n) is 8.86. The van der Waals surface area contributed by atoms with Gasteiger partial charge in [0, 0.05) is 19.6 Å².